The monoisotopic (exact) mass is 272 g/mol. The number of ether oxygens (including phenoxy) is 1. The third-order valence-electron chi connectivity index (χ3n) is 3.21. The number of nitrogens with two attached hydrogens (primary N) is 1. The van der Waals surface area contributed by atoms with Crippen LogP contribution >= 0.6 is 0 Å². The lowest BCUT2D eigenvalue weighted by molar-refractivity contribution is -0.149. The minimum absolute atomic E-state index is 0.180. The molecule has 7 nitrogen and oxygen atoms in total. The first-order valence-electron chi connectivity index (χ1n) is 6.39. The van der Waals surface area contributed by atoms with Crippen molar-refractivity contribution in [2.45, 2.75) is 25.7 Å². The highest BCUT2D eigenvalue weighted by Crippen LogP contribution is 2.30. The second kappa shape index (κ2) is 7.73. The first kappa shape index (κ1) is 15.4. The van der Waals surface area contributed by atoms with E-state index >= 15 is 0 Å². The first-order valence-corrected chi connectivity index (χ1v) is 6.39. The van der Waals surface area contributed by atoms with Crippen LogP contribution in [0.3, 0.4) is 0 Å². The largest absolute Gasteiger partial charge is 0.481 e. The zero-order chi connectivity index (χ0) is 14.3. The number of nitrogens with one attached hydrogen (secondary N) is 1. The predicted octanol–water partition coefficient (Wildman–Crippen LogP) is -0.504. The molecule has 0 aromatic carbocycles. The van der Waals surface area contributed by atoms with Crippen LogP contribution in [0, 0.1) is 11.8 Å². The van der Waals surface area contributed by atoms with Crippen LogP contribution in [-0.4, -0.2) is 42.6 Å². The van der Waals surface area contributed by atoms with Gasteiger partial charge in [-0.1, -0.05) is 12.8 Å². The van der Waals surface area contributed by atoms with E-state index in [0.717, 1.165) is 12.8 Å². The van der Waals surface area contributed by atoms with Gasteiger partial charge in [-0.05, 0) is 12.8 Å². The Labute approximate surface area is 111 Å². The Bertz CT molecular complexity index is 345. The topological polar surface area (TPSA) is 119 Å². The molecule has 0 unspecified atom stereocenters. The summed E-state index contributed by atoms with van der Waals surface area (Å²) in [5.41, 5.74) is 4.89. The number of carbonyl (C=O) groups is 3. The van der Waals surface area contributed by atoms with E-state index < -0.39 is 23.7 Å². The quantitative estimate of drug-likeness (QED) is 0.540. The summed E-state index contributed by atoms with van der Waals surface area (Å²) in [6.07, 6.45) is 2.87. The summed E-state index contributed by atoms with van der Waals surface area (Å²) in [4.78, 5) is 33.4. The summed E-state index contributed by atoms with van der Waals surface area (Å²) in [6, 6.07) is 0. The molecule has 0 saturated heterocycles. The van der Waals surface area contributed by atoms with Crippen molar-refractivity contribution in [2.24, 2.45) is 17.6 Å². The summed E-state index contributed by atoms with van der Waals surface area (Å²) in [5, 5.41) is 11.7. The van der Waals surface area contributed by atoms with E-state index in [4.69, 9.17) is 15.6 Å². The van der Waals surface area contributed by atoms with Gasteiger partial charge in [0, 0.05) is 6.54 Å². The Kier molecular flexibility index (Phi) is 6.27. The molecule has 7 heteroatoms. The van der Waals surface area contributed by atoms with Crippen molar-refractivity contribution in [3.05, 3.63) is 0 Å². The molecule has 1 fully saturated rings. The molecule has 0 heterocycles. The molecule has 0 spiro atoms. The number of carbonyl (C=O) groups excluding carboxylic acids is 2. The lowest BCUT2D eigenvalue weighted by Gasteiger charge is -2.27. The van der Waals surface area contributed by atoms with Crippen molar-refractivity contribution >= 4 is 17.8 Å². The summed E-state index contributed by atoms with van der Waals surface area (Å²) < 4.78 is 4.90. The minimum atomic E-state index is -0.912. The fourth-order valence-electron chi connectivity index (χ4n) is 2.29. The van der Waals surface area contributed by atoms with Crippen LogP contribution in [0.2, 0.25) is 0 Å². The Balaban J connectivity index is 2.30. The van der Waals surface area contributed by atoms with E-state index in [0.29, 0.717) is 12.8 Å². The molecule has 0 bridgehead atoms. The third kappa shape index (κ3) is 5.25. The summed E-state index contributed by atoms with van der Waals surface area (Å²) in [5.74, 6) is -2.80. The number of hydrogen-bond donors (Lipinski definition) is 3. The molecule has 1 aliphatic rings. The average Bonchev–Trinajstić information content (AvgIpc) is 2.37. The van der Waals surface area contributed by atoms with Gasteiger partial charge in [0.05, 0.1) is 18.4 Å². The number of hydrogen-bond acceptors (Lipinski definition) is 4. The van der Waals surface area contributed by atoms with Crippen molar-refractivity contribution < 1.29 is 24.2 Å². The Morgan fingerprint density at radius 1 is 1.21 bits per heavy atom. The summed E-state index contributed by atoms with van der Waals surface area (Å²) >= 11 is 0. The predicted molar refractivity (Wildman–Crippen MR) is 66.1 cm³/mol. The molecular formula is C12H20N2O5. The van der Waals surface area contributed by atoms with Gasteiger partial charge >= 0.3 is 5.97 Å². The highest BCUT2D eigenvalue weighted by Gasteiger charge is 2.35. The van der Waals surface area contributed by atoms with Gasteiger partial charge in [0.1, 0.15) is 6.61 Å². The zero-order valence-electron chi connectivity index (χ0n) is 10.8. The van der Waals surface area contributed by atoms with E-state index in [1.165, 1.54) is 0 Å². The van der Waals surface area contributed by atoms with Gasteiger partial charge in [-0.2, -0.15) is 0 Å². The smallest absolute Gasteiger partial charge is 0.307 e. The van der Waals surface area contributed by atoms with Gasteiger partial charge in [-0.15, -0.1) is 0 Å². The number of primary amides is 1. The Morgan fingerprint density at radius 3 is 2.42 bits per heavy atom. The van der Waals surface area contributed by atoms with Crippen LogP contribution in [-0.2, 0) is 19.1 Å². The normalized spacial score (nSPS) is 22.7. The van der Waals surface area contributed by atoms with E-state index in [9.17, 15) is 14.4 Å². The maximum Gasteiger partial charge on any atom is 0.307 e. The molecule has 4 N–H and O–H groups in total. The van der Waals surface area contributed by atoms with Crippen molar-refractivity contribution in [1.29, 1.82) is 0 Å². The van der Waals surface area contributed by atoms with E-state index in [1.807, 2.05) is 0 Å². The minimum Gasteiger partial charge on any atom is -0.481 e. The van der Waals surface area contributed by atoms with Crippen molar-refractivity contribution in [3.8, 4) is 0 Å². The number of aliphatic carboxylic acids is 1. The second-order valence-electron chi connectivity index (χ2n) is 4.65. The van der Waals surface area contributed by atoms with Crippen LogP contribution in [0.1, 0.15) is 25.7 Å². The van der Waals surface area contributed by atoms with E-state index in [1.54, 1.807) is 0 Å². The molecule has 0 aromatic heterocycles. The molecule has 19 heavy (non-hydrogen) atoms. The van der Waals surface area contributed by atoms with Crippen LogP contribution in [0.4, 0.5) is 0 Å². The zero-order valence-corrected chi connectivity index (χ0v) is 10.8. The SMILES string of the molecule is NC(=O)COCCNC(=O)[C@@H]1CCCC[C@@H]1C(=O)O. The lowest BCUT2D eigenvalue weighted by atomic mass is 9.79. The van der Waals surface area contributed by atoms with E-state index in [-0.39, 0.29) is 25.7 Å². The van der Waals surface area contributed by atoms with Gasteiger partial charge in [0.15, 0.2) is 0 Å². The molecular weight excluding hydrogens is 252 g/mol. The van der Waals surface area contributed by atoms with Gasteiger partial charge in [0.2, 0.25) is 11.8 Å². The van der Waals surface area contributed by atoms with Crippen LogP contribution < -0.4 is 11.1 Å². The molecule has 0 radical (unpaired) electrons. The molecule has 2 amide bonds. The molecule has 1 rings (SSSR count). The maximum atomic E-state index is 11.9. The Hall–Kier alpha value is -1.63. The van der Waals surface area contributed by atoms with Crippen LogP contribution in [0.15, 0.2) is 0 Å². The first-order chi connectivity index (χ1) is 9.02. The second-order valence-corrected chi connectivity index (χ2v) is 4.65. The highest BCUT2D eigenvalue weighted by molar-refractivity contribution is 5.84. The van der Waals surface area contributed by atoms with Gasteiger partial charge < -0.3 is 20.9 Å². The Morgan fingerprint density at radius 2 is 1.84 bits per heavy atom. The fraction of sp³-hybridized carbons (Fsp3) is 0.750. The standard InChI is InChI=1S/C12H20N2O5/c13-10(15)7-19-6-5-14-11(16)8-3-1-2-4-9(8)12(17)18/h8-9H,1-7H2,(H2,13,15)(H,14,16)(H,17,18)/t8-,9+/m1/s1. The fourth-order valence-corrected chi connectivity index (χ4v) is 2.29. The third-order valence-corrected chi connectivity index (χ3v) is 3.21. The summed E-state index contributed by atoms with van der Waals surface area (Å²) in [6.45, 7) is 0.241. The molecule has 108 valence electrons. The van der Waals surface area contributed by atoms with Gasteiger partial charge in [0.25, 0.3) is 0 Å². The van der Waals surface area contributed by atoms with Gasteiger partial charge in [-0.25, -0.2) is 0 Å². The van der Waals surface area contributed by atoms with Crippen molar-refractivity contribution in [1.82, 2.24) is 5.32 Å². The summed E-state index contributed by atoms with van der Waals surface area (Å²) in [7, 11) is 0. The van der Waals surface area contributed by atoms with E-state index in [2.05, 4.69) is 5.32 Å². The average molecular weight is 272 g/mol. The van der Waals surface area contributed by atoms with Crippen LogP contribution in [0.25, 0.3) is 0 Å². The maximum absolute atomic E-state index is 11.9. The van der Waals surface area contributed by atoms with Crippen molar-refractivity contribution in [3.63, 3.8) is 0 Å². The number of amides is 2. The molecule has 0 aromatic rings. The molecule has 1 saturated carbocycles. The van der Waals surface area contributed by atoms with Crippen LogP contribution in [0.5, 0.6) is 0 Å². The van der Waals surface area contributed by atoms with Crippen molar-refractivity contribution in [2.75, 3.05) is 19.8 Å². The molecule has 0 aliphatic heterocycles. The van der Waals surface area contributed by atoms with Gasteiger partial charge in [-0.3, -0.25) is 14.4 Å². The number of carboxylic acid groups (broad SMARTS) is 1. The lowest BCUT2D eigenvalue weighted by Crippen LogP contribution is -2.41. The molecule has 2 atom stereocenters. The number of carboxylic acids is 1. The number of rotatable bonds is 7. The molecule has 1 aliphatic carbocycles. The highest BCUT2D eigenvalue weighted by atomic mass is 16.5.